The van der Waals surface area contributed by atoms with Gasteiger partial charge in [-0.05, 0) is 39.8 Å². The third-order valence-corrected chi connectivity index (χ3v) is 2.29. The average molecular weight is 209 g/mol. The fraction of sp³-hybridized carbons (Fsp3) is 0.636. The number of rotatable bonds is 0. The van der Waals surface area contributed by atoms with Crippen LogP contribution in [0, 0.1) is 13.8 Å². The van der Waals surface area contributed by atoms with Gasteiger partial charge in [-0.3, -0.25) is 9.78 Å². The molecular formula is C11H19N3O. The summed E-state index contributed by atoms with van der Waals surface area (Å²) in [4.78, 5) is 17.1. The van der Waals surface area contributed by atoms with Crippen molar-refractivity contribution in [3.05, 3.63) is 27.9 Å². The number of H-pyrrole nitrogens is 1. The van der Waals surface area contributed by atoms with Crippen molar-refractivity contribution in [3.8, 4) is 0 Å². The average Bonchev–Trinajstić information content (AvgIpc) is 2.27. The third-order valence-electron chi connectivity index (χ3n) is 2.29. The quantitative estimate of drug-likeness (QED) is 0.674. The number of aromatic amines is 1. The van der Waals surface area contributed by atoms with Crippen molar-refractivity contribution >= 4 is 0 Å². The summed E-state index contributed by atoms with van der Waals surface area (Å²) in [5.41, 5.74) is 1.25. The second-order valence-corrected chi connectivity index (χ2v) is 3.77. The smallest absolute Gasteiger partial charge is 0.269 e. The van der Waals surface area contributed by atoms with Crippen LogP contribution in [0.5, 0.6) is 0 Å². The van der Waals surface area contributed by atoms with Gasteiger partial charge >= 0.3 is 0 Å². The van der Waals surface area contributed by atoms with Gasteiger partial charge in [0, 0.05) is 6.20 Å². The molecule has 0 saturated carbocycles. The van der Waals surface area contributed by atoms with E-state index in [9.17, 15) is 4.79 Å². The minimum absolute atomic E-state index is 0.111. The van der Waals surface area contributed by atoms with Gasteiger partial charge in [0.25, 0.3) is 5.56 Å². The molecule has 2 rings (SSSR count). The summed E-state index contributed by atoms with van der Waals surface area (Å²) in [6, 6.07) is 0. The Balaban J connectivity index is 0.000000162. The first kappa shape index (κ1) is 11.9. The van der Waals surface area contributed by atoms with E-state index in [4.69, 9.17) is 0 Å². The van der Waals surface area contributed by atoms with Crippen LogP contribution in [0.4, 0.5) is 0 Å². The van der Waals surface area contributed by atoms with Crippen LogP contribution in [0.15, 0.2) is 11.0 Å². The second-order valence-electron chi connectivity index (χ2n) is 3.77. The van der Waals surface area contributed by atoms with Crippen LogP contribution in [0.1, 0.15) is 30.7 Å². The Morgan fingerprint density at radius 3 is 2.20 bits per heavy atom. The lowest BCUT2D eigenvalue weighted by molar-refractivity contribution is 0.520. The predicted molar refractivity (Wildman–Crippen MR) is 61.1 cm³/mol. The van der Waals surface area contributed by atoms with E-state index in [1.54, 1.807) is 13.1 Å². The number of hydrogen-bond acceptors (Lipinski definition) is 3. The van der Waals surface area contributed by atoms with E-state index in [1.165, 1.54) is 32.4 Å². The van der Waals surface area contributed by atoms with Gasteiger partial charge in [-0.2, -0.15) is 0 Å². The van der Waals surface area contributed by atoms with E-state index in [0.717, 1.165) is 5.69 Å². The Hall–Kier alpha value is -1.16. The van der Waals surface area contributed by atoms with Gasteiger partial charge in [0.1, 0.15) is 5.69 Å². The maximum absolute atomic E-state index is 10.7. The molecule has 1 saturated heterocycles. The molecule has 1 aromatic rings. The number of aromatic nitrogens is 2. The number of aryl methyl sites for hydroxylation is 2. The minimum atomic E-state index is -0.111. The number of nitrogens with one attached hydrogen (secondary N) is 2. The van der Waals surface area contributed by atoms with Crippen LogP contribution in [0.25, 0.3) is 0 Å². The normalized spacial score (nSPS) is 15.3. The van der Waals surface area contributed by atoms with Gasteiger partial charge in [-0.15, -0.1) is 0 Å². The monoisotopic (exact) mass is 209 g/mol. The summed E-state index contributed by atoms with van der Waals surface area (Å²) in [5, 5.41) is 3.28. The molecule has 2 heterocycles. The predicted octanol–water partition coefficient (Wildman–Crippen LogP) is 1.15. The molecule has 0 spiro atoms. The zero-order valence-electron chi connectivity index (χ0n) is 9.47. The molecule has 0 unspecified atom stereocenters. The van der Waals surface area contributed by atoms with E-state index >= 15 is 0 Å². The van der Waals surface area contributed by atoms with Crippen LogP contribution in [0.2, 0.25) is 0 Å². The number of piperidine rings is 1. The molecule has 0 atom stereocenters. The van der Waals surface area contributed by atoms with E-state index in [0.29, 0.717) is 5.69 Å². The molecular weight excluding hydrogens is 190 g/mol. The molecule has 0 radical (unpaired) electrons. The van der Waals surface area contributed by atoms with Gasteiger partial charge in [0.2, 0.25) is 0 Å². The third kappa shape index (κ3) is 4.74. The fourth-order valence-corrected chi connectivity index (χ4v) is 1.42. The van der Waals surface area contributed by atoms with Crippen LogP contribution < -0.4 is 10.9 Å². The molecule has 1 aliphatic rings. The lowest BCUT2D eigenvalue weighted by Gasteiger charge is -2.08. The maximum Gasteiger partial charge on any atom is 0.269 e. The van der Waals surface area contributed by atoms with Crippen molar-refractivity contribution in [3.63, 3.8) is 0 Å². The molecule has 0 aromatic carbocycles. The molecule has 2 N–H and O–H groups in total. The lowest BCUT2D eigenvalue weighted by Crippen LogP contribution is -2.21. The molecule has 15 heavy (non-hydrogen) atoms. The van der Waals surface area contributed by atoms with E-state index in [1.807, 2.05) is 6.92 Å². The molecule has 4 heteroatoms. The Kier molecular flexibility index (Phi) is 5.04. The summed E-state index contributed by atoms with van der Waals surface area (Å²) in [5.74, 6) is 0. The number of nitrogens with zero attached hydrogens (tertiary/aromatic N) is 1. The van der Waals surface area contributed by atoms with Crippen LogP contribution in [0.3, 0.4) is 0 Å². The maximum atomic E-state index is 10.7. The summed E-state index contributed by atoms with van der Waals surface area (Å²) < 4.78 is 0. The van der Waals surface area contributed by atoms with Crippen LogP contribution >= 0.6 is 0 Å². The van der Waals surface area contributed by atoms with Crippen molar-refractivity contribution < 1.29 is 0 Å². The summed E-state index contributed by atoms with van der Waals surface area (Å²) in [7, 11) is 0. The van der Waals surface area contributed by atoms with Crippen molar-refractivity contribution in [1.29, 1.82) is 0 Å². The Bertz CT molecular complexity index is 330. The van der Waals surface area contributed by atoms with Gasteiger partial charge in [-0.1, -0.05) is 6.42 Å². The van der Waals surface area contributed by atoms with Gasteiger partial charge in [0.15, 0.2) is 0 Å². The molecule has 84 valence electrons. The Morgan fingerprint density at radius 2 is 1.87 bits per heavy atom. The first-order chi connectivity index (χ1) is 7.20. The Morgan fingerprint density at radius 1 is 1.20 bits per heavy atom. The van der Waals surface area contributed by atoms with E-state index in [-0.39, 0.29) is 5.56 Å². The number of hydrogen-bond donors (Lipinski definition) is 2. The fourth-order valence-electron chi connectivity index (χ4n) is 1.42. The van der Waals surface area contributed by atoms with Crippen molar-refractivity contribution in [2.45, 2.75) is 33.1 Å². The van der Waals surface area contributed by atoms with Gasteiger partial charge in [0.05, 0.1) is 5.69 Å². The zero-order valence-corrected chi connectivity index (χ0v) is 9.47. The van der Waals surface area contributed by atoms with Crippen LogP contribution in [-0.2, 0) is 0 Å². The first-order valence-corrected chi connectivity index (χ1v) is 5.44. The lowest BCUT2D eigenvalue weighted by atomic mass is 10.2. The highest BCUT2D eigenvalue weighted by Crippen LogP contribution is 1.96. The minimum Gasteiger partial charge on any atom is -0.326 e. The highest BCUT2D eigenvalue weighted by Gasteiger charge is 1.93. The molecule has 1 aliphatic heterocycles. The van der Waals surface area contributed by atoms with E-state index < -0.39 is 0 Å². The highest BCUT2D eigenvalue weighted by molar-refractivity contribution is 4.99. The summed E-state index contributed by atoms with van der Waals surface area (Å²) >= 11 is 0. The van der Waals surface area contributed by atoms with Crippen LogP contribution in [-0.4, -0.2) is 23.1 Å². The molecule has 0 amide bonds. The standard InChI is InChI=1S/C6H8N2O.C5H11N/c1-4-3-7-6(9)5(2)8-4;1-2-4-6-5-3-1/h3H,1-2H3,(H,7,9);6H,1-5H2. The van der Waals surface area contributed by atoms with E-state index in [2.05, 4.69) is 15.3 Å². The van der Waals surface area contributed by atoms with Gasteiger partial charge in [-0.25, -0.2) is 0 Å². The second kappa shape index (κ2) is 6.35. The molecule has 1 aromatic heterocycles. The zero-order chi connectivity index (χ0) is 11.1. The first-order valence-electron chi connectivity index (χ1n) is 5.44. The topological polar surface area (TPSA) is 57.8 Å². The molecule has 0 bridgehead atoms. The molecule has 4 nitrogen and oxygen atoms in total. The SMILES string of the molecule is C1CCNCC1.Cc1c[nH]c(=O)c(C)n1. The molecule has 0 aliphatic carbocycles. The largest absolute Gasteiger partial charge is 0.326 e. The van der Waals surface area contributed by atoms with Gasteiger partial charge < -0.3 is 10.3 Å². The summed E-state index contributed by atoms with van der Waals surface area (Å²) in [6.45, 7) is 6.02. The molecule has 1 fully saturated rings. The highest BCUT2D eigenvalue weighted by atomic mass is 16.1. The van der Waals surface area contributed by atoms with Crippen molar-refractivity contribution in [1.82, 2.24) is 15.3 Å². The van der Waals surface area contributed by atoms with Crippen molar-refractivity contribution in [2.24, 2.45) is 0 Å². The Labute approximate surface area is 90.1 Å². The van der Waals surface area contributed by atoms with Crippen molar-refractivity contribution in [2.75, 3.05) is 13.1 Å². The summed E-state index contributed by atoms with van der Waals surface area (Å²) in [6.07, 6.45) is 5.81.